The SMILES string of the molecule is CN(C)c1cc(CN)c(O)c2c1C[C@H]1C[C@H]3[C@H](N(C)C)C(=O)C(C(N)=O)=C(O)[C@@]3(O)C(=O)C1=C2O.Cl.Cl.Cl. The minimum Gasteiger partial charge on any atom is -0.508 e. The number of aliphatic hydroxyl groups is 3. The number of likely N-dealkylation sites (N-methyl/N-ethyl adjacent to an activating group) is 1. The van der Waals surface area contributed by atoms with Gasteiger partial charge in [-0.05, 0) is 44.5 Å². The molecule has 8 N–H and O–H groups in total. The van der Waals surface area contributed by atoms with Gasteiger partial charge in [-0.2, -0.15) is 0 Å². The molecule has 3 aliphatic rings. The van der Waals surface area contributed by atoms with Gasteiger partial charge in [0.15, 0.2) is 11.4 Å². The maximum Gasteiger partial charge on any atom is 0.255 e. The normalized spacial score (nSPS) is 25.9. The van der Waals surface area contributed by atoms with Gasteiger partial charge >= 0.3 is 0 Å². The lowest BCUT2D eigenvalue weighted by Crippen LogP contribution is -2.65. The Labute approximate surface area is 238 Å². The van der Waals surface area contributed by atoms with Gasteiger partial charge < -0.3 is 36.8 Å². The van der Waals surface area contributed by atoms with Gasteiger partial charge in [0.2, 0.25) is 5.78 Å². The van der Waals surface area contributed by atoms with Crippen LogP contribution in [0.2, 0.25) is 0 Å². The van der Waals surface area contributed by atoms with E-state index in [0.717, 1.165) is 0 Å². The quantitative estimate of drug-likeness (QED) is 0.271. The Morgan fingerprint density at radius 3 is 2.16 bits per heavy atom. The molecule has 212 valence electrons. The molecule has 4 rings (SSSR count). The maximum absolute atomic E-state index is 13.8. The average Bonchev–Trinajstić information content (AvgIpc) is 2.75. The molecule has 0 saturated heterocycles. The topological polar surface area (TPSA) is 191 Å². The number of ketones is 2. The minimum atomic E-state index is -2.66. The van der Waals surface area contributed by atoms with Crippen molar-refractivity contribution < 1.29 is 34.8 Å². The van der Waals surface area contributed by atoms with E-state index in [9.17, 15) is 34.8 Å². The summed E-state index contributed by atoms with van der Waals surface area (Å²) in [6.07, 6.45) is 0.262. The molecule has 14 heteroatoms. The summed E-state index contributed by atoms with van der Waals surface area (Å²) in [7, 11) is 6.71. The predicted octanol–water partition coefficient (Wildman–Crippen LogP) is 0.754. The monoisotopic (exact) mass is 594 g/mol. The van der Waals surface area contributed by atoms with Crippen molar-refractivity contribution in [2.45, 2.75) is 31.0 Å². The number of primary amides is 1. The maximum atomic E-state index is 13.8. The summed E-state index contributed by atoms with van der Waals surface area (Å²) in [6, 6.07) is 0.599. The third-order valence-corrected chi connectivity index (χ3v) is 7.48. The Kier molecular flexibility index (Phi) is 9.95. The van der Waals surface area contributed by atoms with E-state index in [1.54, 1.807) is 39.2 Å². The highest BCUT2D eigenvalue weighted by molar-refractivity contribution is 6.24. The standard InChI is InChI=1S/C24H30N4O7.3ClH/c1-27(2)13-7-10(8-25)18(29)15-11(13)5-9-6-12-17(28(3)4)20(31)16(23(26)34)22(33)24(12,35)21(32)14(9)19(15)30;;;/h7,9,12,17,29-30,33,35H,5-6,8,25H2,1-4H3,(H2,26,34);3*1H/t9-,12-,17-,24-;;;/m0.../s1. The molecule has 0 heterocycles. The molecular weight excluding hydrogens is 563 g/mol. The molecule has 0 radical (unpaired) electrons. The highest BCUT2D eigenvalue weighted by Gasteiger charge is 2.64. The van der Waals surface area contributed by atoms with Crippen LogP contribution in [0.4, 0.5) is 5.69 Å². The summed E-state index contributed by atoms with van der Waals surface area (Å²) < 4.78 is 0. The number of fused-ring (bicyclic) bond motifs is 3. The molecule has 1 fully saturated rings. The largest absolute Gasteiger partial charge is 0.508 e. The fraction of sp³-hybridized carbons (Fsp3) is 0.458. The summed E-state index contributed by atoms with van der Waals surface area (Å²) in [4.78, 5) is 42.2. The number of hydrogen-bond acceptors (Lipinski definition) is 10. The lowest BCUT2D eigenvalue weighted by molar-refractivity contribution is -0.153. The van der Waals surface area contributed by atoms with Gasteiger partial charge in [-0.1, -0.05) is 0 Å². The molecule has 4 atom stereocenters. The van der Waals surface area contributed by atoms with Crippen LogP contribution in [0.25, 0.3) is 5.76 Å². The zero-order chi connectivity index (χ0) is 26.1. The van der Waals surface area contributed by atoms with E-state index < -0.39 is 58.0 Å². The molecule has 0 bridgehead atoms. The lowest BCUT2D eigenvalue weighted by Gasteiger charge is -2.50. The van der Waals surface area contributed by atoms with Gasteiger partial charge in [0, 0.05) is 43.4 Å². The predicted molar refractivity (Wildman–Crippen MR) is 148 cm³/mol. The van der Waals surface area contributed by atoms with E-state index in [4.69, 9.17) is 11.5 Å². The van der Waals surface area contributed by atoms with E-state index in [-0.39, 0.29) is 73.5 Å². The van der Waals surface area contributed by atoms with Gasteiger partial charge in [0.25, 0.3) is 5.91 Å². The number of anilines is 1. The summed E-state index contributed by atoms with van der Waals surface area (Å²) >= 11 is 0. The lowest BCUT2D eigenvalue weighted by atomic mass is 9.57. The third-order valence-electron chi connectivity index (χ3n) is 7.48. The first-order chi connectivity index (χ1) is 16.3. The van der Waals surface area contributed by atoms with E-state index in [0.29, 0.717) is 16.8 Å². The summed E-state index contributed by atoms with van der Waals surface area (Å²) in [5.41, 5.74) is 9.10. The van der Waals surface area contributed by atoms with Crippen molar-refractivity contribution in [2.24, 2.45) is 23.3 Å². The molecule has 1 saturated carbocycles. The van der Waals surface area contributed by atoms with E-state index in [1.807, 2.05) is 0 Å². The Morgan fingerprint density at radius 1 is 1.11 bits per heavy atom. The number of carbonyl (C=O) groups is 3. The van der Waals surface area contributed by atoms with Crippen LogP contribution in [0.5, 0.6) is 5.75 Å². The van der Waals surface area contributed by atoms with Gasteiger partial charge in [-0.25, -0.2) is 0 Å². The highest BCUT2D eigenvalue weighted by Crippen LogP contribution is 2.54. The molecule has 0 spiro atoms. The van der Waals surface area contributed by atoms with E-state index in [1.165, 1.54) is 4.90 Å². The second-order valence-corrected chi connectivity index (χ2v) is 9.82. The number of nitrogens with zero attached hydrogens (tertiary/aromatic N) is 2. The van der Waals surface area contributed by atoms with E-state index in [2.05, 4.69) is 0 Å². The molecule has 0 unspecified atom stereocenters. The summed E-state index contributed by atoms with van der Waals surface area (Å²) in [6.45, 7) is -0.0237. The van der Waals surface area contributed by atoms with Crippen molar-refractivity contribution in [3.05, 3.63) is 39.7 Å². The molecule has 1 aromatic carbocycles. The zero-order valence-electron chi connectivity index (χ0n) is 21.2. The number of aliphatic hydroxyl groups excluding tert-OH is 2. The smallest absolute Gasteiger partial charge is 0.255 e. The fourth-order valence-electron chi connectivity index (χ4n) is 5.90. The second kappa shape index (κ2) is 11.3. The van der Waals surface area contributed by atoms with Gasteiger partial charge in [-0.15, -0.1) is 37.2 Å². The second-order valence-electron chi connectivity index (χ2n) is 9.82. The number of carbonyl (C=O) groups excluding carboxylic acids is 3. The summed E-state index contributed by atoms with van der Waals surface area (Å²) in [5, 5.41) is 44.6. The fourth-order valence-corrected chi connectivity index (χ4v) is 5.90. The molecule has 1 aromatic rings. The molecule has 38 heavy (non-hydrogen) atoms. The Morgan fingerprint density at radius 2 is 1.68 bits per heavy atom. The minimum absolute atomic E-state index is 0. The van der Waals surface area contributed by atoms with Gasteiger partial charge in [0.05, 0.1) is 11.6 Å². The third kappa shape index (κ3) is 4.41. The van der Waals surface area contributed by atoms with Crippen LogP contribution in [-0.2, 0) is 27.3 Å². The van der Waals surface area contributed by atoms with Gasteiger partial charge in [0.1, 0.15) is 22.8 Å². The summed E-state index contributed by atoms with van der Waals surface area (Å²) in [5.74, 6) is -6.74. The Balaban J connectivity index is 0.00000241. The van der Waals surface area contributed by atoms with Crippen LogP contribution in [0.1, 0.15) is 23.1 Å². The van der Waals surface area contributed by atoms with Crippen LogP contribution in [-0.4, -0.2) is 82.6 Å². The number of amides is 1. The van der Waals surface area contributed by atoms with E-state index >= 15 is 0 Å². The first-order valence-corrected chi connectivity index (χ1v) is 11.2. The first-order valence-electron chi connectivity index (χ1n) is 11.2. The van der Waals surface area contributed by atoms with Crippen molar-refractivity contribution in [1.29, 1.82) is 0 Å². The Bertz CT molecular complexity index is 1250. The van der Waals surface area contributed by atoms with Crippen molar-refractivity contribution in [3.8, 4) is 5.75 Å². The number of phenolic OH excluding ortho intramolecular Hbond substituents is 1. The number of nitrogens with two attached hydrogens (primary N) is 2. The van der Waals surface area contributed by atoms with Crippen molar-refractivity contribution in [3.63, 3.8) is 0 Å². The molecule has 1 amide bonds. The number of halogens is 3. The number of benzene rings is 1. The number of aromatic hydroxyl groups is 1. The first kappa shape index (κ1) is 33.5. The number of Topliss-reactive ketones (excluding diaryl/α,β-unsaturated/α-hetero) is 2. The van der Waals surface area contributed by atoms with Crippen molar-refractivity contribution in [1.82, 2.24) is 4.90 Å². The van der Waals surface area contributed by atoms with Crippen molar-refractivity contribution >= 4 is 66.1 Å². The van der Waals surface area contributed by atoms with Crippen LogP contribution < -0.4 is 16.4 Å². The van der Waals surface area contributed by atoms with Crippen LogP contribution >= 0.6 is 37.2 Å². The molecule has 11 nitrogen and oxygen atoms in total. The molecule has 0 aromatic heterocycles. The molecular formula is C24H33Cl3N4O7. The van der Waals surface area contributed by atoms with Crippen molar-refractivity contribution in [2.75, 3.05) is 33.1 Å². The average molecular weight is 596 g/mol. The highest BCUT2D eigenvalue weighted by atomic mass is 35.5. The molecule has 3 aliphatic carbocycles. The van der Waals surface area contributed by atoms with Gasteiger partial charge in [-0.3, -0.25) is 19.3 Å². The van der Waals surface area contributed by atoms with Crippen LogP contribution in [0, 0.1) is 11.8 Å². The molecule has 0 aliphatic heterocycles. The zero-order valence-corrected chi connectivity index (χ0v) is 23.7. The number of phenols is 1. The Hall–Kier alpha value is -2.54. The van der Waals surface area contributed by atoms with Crippen LogP contribution in [0.15, 0.2) is 23.0 Å². The number of hydrogen-bond donors (Lipinski definition) is 6. The number of rotatable bonds is 4. The van der Waals surface area contributed by atoms with Crippen LogP contribution in [0.3, 0.4) is 0 Å².